The Bertz CT molecular complexity index is 1790. The van der Waals surface area contributed by atoms with Gasteiger partial charge in [-0.3, -0.25) is 0 Å². The van der Waals surface area contributed by atoms with Crippen molar-refractivity contribution in [2.24, 2.45) is 0 Å². The Hall–Kier alpha value is 3.08. The van der Waals surface area contributed by atoms with Crippen LogP contribution in [0, 0.1) is 48.0 Å². The van der Waals surface area contributed by atoms with Crippen LogP contribution in [-0.2, 0) is 14.4 Å². The van der Waals surface area contributed by atoms with Gasteiger partial charge in [0.05, 0.1) is 51.3 Å². The second kappa shape index (κ2) is 41.2. The molecule has 0 bridgehead atoms. The third kappa shape index (κ3) is 23.8. The quantitative estimate of drug-likeness (QED) is 0.147. The van der Waals surface area contributed by atoms with Crippen molar-refractivity contribution in [1.82, 2.24) is 0 Å². The van der Waals surface area contributed by atoms with Crippen LogP contribution in [-0.4, -0.2) is 301 Å². The van der Waals surface area contributed by atoms with E-state index in [2.05, 4.69) is 88.1 Å². The molecule has 0 spiro atoms. The first-order valence-corrected chi connectivity index (χ1v) is 8.72. The molecule has 4 rings (SSSR count). The van der Waals surface area contributed by atoms with E-state index in [1.54, 1.807) is 0 Å². The molecule has 0 fully saturated rings. The smallest absolute Gasteiger partial charge is 0.0978 e. The Balaban J connectivity index is -0.0000000864. The number of allylic oxidation sites excluding steroid dienone is 6. The molecule has 0 unspecified atom stereocenters. The van der Waals surface area contributed by atoms with Crippen molar-refractivity contribution in [2.75, 3.05) is 0 Å². The van der Waals surface area contributed by atoms with Crippen LogP contribution in [0.4, 0.5) is 0 Å². The molecule has 0 aromatic rings. The second-order valence-electron chi connectivity index (χ2n) is 6.11. The monoisotopic (exact) mass is 525 g/mol. The van der Waals surface area contributed by atoms with Crippen LogP contribution < -0.4 is 15.3 Å². The van der Waals surface area contributed by atoms with Gasteiger partial charge in [0.1, 0.15) is 0 Å². The summed E-state index contributed by atoms with van der Waals surface area (Å²) in [5.74, 6) is 10.4. The molecule has 16 radical (unpaired) electrons. The Morgan fingerprint density at radius 3 is 1.04 bits per heavy atom. The van der Waals surface area contributed by atoms with E-state index in [1.807, 2.05) is 0 Å². The van der Waals surface area contributed by atoms with E-state index < -0.39 is 17.9 Å². The number of carboxylic acid groups (broad SMARTS) is 3. The van der Waals surface area contributed by atoms with Crippen LogP contribution in [0.3, 0.4) is 0 Å². The molecule has 0 aromatic carbocycles. The summed E-state index contributed by atoms with van der Waals surface area (Å²) in [6.07, 6.45) is 5.84. The Kier molecular flexibility index (Phi) is 72.1. The maximum Gasteiger partial charge on any atom is 0.0978 e. The zero-order chi connectivity index (χ0) is 23.5. The van der Waals surface area contributed by atoms with Gasteiger partial charge < -0.3 is 29.7 Å². The van der Waals surface area contributed by atoms with Crippen LogP contribution in [0.15, 0.2) is 90.3 Å². The summed E-state index contributed by atoms with van der Waals surface area (Å²) in [5, 5.41) is 32.8. The average Bonchev–Trinajstić information content (AvgIpc) is 2.84. The van der Waals surface area contributed by atoms with E-state index in [-0.39, 0.29) is 333 Å². The Labute approximate surface area is 460 Å². The minimum atomic E-state index is -1.50. The van der Waals surface area contributed by atoms with Crippen LogP contribution in [0.1, 0.15) is 0 Å². The van der Waals surface area contributed by atoms with E-state index in [0.717, 1.165) is 0 Å². The topological polar surface area (TPSA) is 120 Å². The minimum Gasteiger partial charge on any atom is -0.543 e. The van der Waals surface area contributed by atoms with Crippen molar-refractivity contribution < 1.29 is 29.7 Å². The first kappa shape index (κ1) is 83.9. The Morgan fingerprint density at radius 2 is 0.750 bits per heavy atom. The zero-order valence-electron chi connectivity index (χ0n) is 30.9. The van der Waals surface area contributed by atoms with E-state index in [0.29, 0.717) is 0 Å². The van der Waals surface area contributed by atoms with Crippen molar-refractivity contribution >= 4 is 301 Å². The zero-order valence-corrected chi connectivity index (χ0v) is 30.9. The third-order valence-electron chi connectivity index (χ3n) is 3.99. The SMILES string of the molecule is O=C([O-])C1=C=C=C(C2=C=C(C3=C=C=C(C(=O)[O-])C#C3)[C-]=C(C3=C=C=C(C(=O)[O-])C#C3)[C+]2)C#C1.[Li].[Li].[Li].[Li].[Li].[Li].[Li].[Li].[Li].[Li].[Li].[Li].[Li].[Li].[Li]. The maximum absolute atomic E-state index is 10.9. The molecule has 0 amide bonds. The van der Waals surface area contributed by atoms with Crippen molar-refractivity contribution in [3.8, 4) is 35.5 Å². The van der Waals surface area contributed by atoms with Crippen LogP contribution in [0.25, 0.3) is 0 Å². The fourth-order valence-corrected chi connectivity index (χ4v) is 2.46. The number of carbonyl (C=O) groups is 3. The molecule has 6 nitrogen and oxygen atoms in total. The normalized spacial score (nSPS) is 11.0. The second-order valence-corrected chi connectivity index (χ2v) is 6.11. The summed E-state index contributed by atoms with van der Waals surface area (Å²) in [5.41, 5.74) is 17.8. The summed E-state index contributed by atoms with van der Waals surface area (Å²) < 4.78 is 0. The van der Waals surface area contributed by atoms with Gasteiger partial charge in [0.2, 0.25) is 0 Å². The summed E-state index contributed by atoms with van der Waals surface area (Å²) in [4.78, 5) is 32.8. The molecule has 21 heteroatoms. The van der Waals surface area contributed by atoms with Crippen molar-refractivity contribution in [3.63, 3.8) is 0 Å². The number of hydrogen-bond donors (Lipinski definition) is 0. The van der Waals surface area contributed by atoms with Gasteiger partial charge >= 0.3 is 0 Å². The molecule has 162 valence electrons. The average molecular weight is 524 g/mol. The third-order valence-corrected chi connectivity index (χ3v) is 3.99. The maximum atomic E-state index is 10.9. The Morgan fingerprint density at radius 1 is 0.438 bits per heavy atom. The minimum absolute atomic E-state index is 0. The van der Waals surface area contributed by atoms with E-state index >= 15 is 0 Å². The van der Waals surface area contributed by atoms with E-state index in [1.165, 1.54) is 0 Å². The molecular weight excluding hydrogens is 524 g/mol. The molecule has 48 heavy (non-hydrogen) atoms. The molecule has 0 N–H and O–H groups in total. The number of carboxylic acids is 3. The summed E-state index contributed by atoms with van der Waals surface area (Å²) >= 11 is 0. The number of rotatable bonds is 6. The van der Waals surface area contributed by atoms with Gasteiger partial charge in [-0.1, -0.05) is 40.7 Å². The summed E-state index contributed by atoms with van der Waals surface area (Å²) in [7, 11) is 0. The summed E-state index contributed by atoms with van der Waals surface area (Å²) in [6, 6.07) is 0. The van der Waals surface area contributed by atoms with Gasteiger partial charge in [0.25, 0.3) is 0 Å². The molecule has 0 heterocycles. The molecule has 0 saturated heterocycles. The van der Waals surface area contributed by atoms with E-state index in [4.69, 9.17) is 0 Å². The molecule has 0 atom stereocenters. The van der Waals surface area contributed by atoms with Gasteiger partial charge in [-0.25, -0.2) is 0 Å². The molecule has 0 saturated carbocycles. The van der Waals surface area contributed by atoms with E-state index in [9.17, 15) is 29.7 Å². The predicted molar refractivity (Wildman–Crippen MR) is 187 cm³/mol. The van der Waals surface area contributed by atoms with Crippen molar-refractivity contribution in [3.05, 3.63) is 103 Å². The molecule has 0 aliphatic heterocycles. The number of hydrogen-bond acceptors (Lipinski definition) is 6. The number of aliphatic carboxylic acids is 3. The largest absolute Gasteiger partial charge is 0.543 e. The van der Waals surface area contributed by atoms with Crippen molar-refractivity contribution in [2.45, 2.75) is 0 Å². The van der Waals surface area contributed by atoms with Gasteiger partial charge in [0.15, 0.2) is 0 Å². The predicted octanol–water partition coefficient (Wildman–Crippen LogP) is -8.33. The molecule has 4 aliphatic rings. The number of carbonyl (C=O) groups excluding carboxylic acids is 3. The van der Waals surface area contributed by atoms with Gasteiger partial charge in [-0.05, 0) is 35.0 Å². The van der Waals surface area contributed by atoms with Gasteiger partial charge in [-0.15, -0.1) is 0 Å². The van der Waals surface area contributed by atoms with Crippen LogP contribution >= 0.6 is 0 Å². The van der Waals surface area contributed by atoms with Gasteiger partial charge in [-0.2, -0.15) is 0 Å². The van der Waals surface area contributed by atoms with Crippen molar-refractivity contribution in [1.29, 1.82) is 0 Å². The standard InChI is InChI=1S/C27H3O6.15Li/c28-25(29)19-7-1-16(2-8-19)22-13-23(17-3-9-20(10-4-17)26(30)31)15-24(14-22)18-5-11-21(12-6-18)27(32)33;;;;;;;;;;;;;;;/h(H,28,29)(H,30,31)(H,32,33);;;;;;;;;;;;;;;/p-3. The van der Waals surface area contributed by atoms with Crippen LogP contribution in [0.2, 0.25) is 0 Å². The van der Waals surface area contributed by atoms with Crippen LogP contribution in [0.5, 0.6) is 0 Å². The first-order valence-electron chi connectivity index (χ1n) is 8.72. The summed E-state index contributed by atoms with van der Waals surface area (Å²) in [6.45, 7) is 0. The molecule has 4 aliphatic carbocycles. The fourth-order valence-electron chi connectivity index (χ4n) is 2.46. The fraction of sp³-hybridized carbons (Fsp3) is 0. The first-order chi connectivity index (χ1) is 15.8. The molecule has 0 aromatic heterocycles. The molecular formula is C27Li15O6-3. The van der Waals surface area contributed by atoms with Gasteiger partial charge in [0, 0.05) is 312 Å².